The molecule has 0 radical (unpaired) electrons. The summed E-state index contributed by atoms with van der Waals surface area (Å²) in [5.41, 5.74) is -1.51. The zero-order chi connectivity index (χ0) is 12.3. The Labute approximate surface area is 84.0 Å². The Morgan fingerprint density at radius 1 is 1.13 bits per heavy atom. The van der Waals surface area contributed by atoms with E-state index in [1.807, 2.05) is 0 Å². The van der Waals surface area contributed by atoms with Gasteiger partial charge in [-0.15, -0.1) is 0 Å². The smallest absolute Gasteiger partial charge is 0.171 e. The van der Waals surface area contributed by atoms with Crippen molar-refractivity contribution in [3.05, 3.63) is 11.6 Å². The van der Waals surface area contributed by atoms with Gasteiger partial charge < -0.3 is 0 Å². The van der Waals surface area contributed by atoms with E-state index in [0.717, 1.165) is 0 Å². The van der Waals surface area contributed by atoms with Crippen LogP contribution in [0.25, 0.3) is 0 Å². The molecule has 15 heavy (non-hydrogen) atoms. The molecule has 0 aromatic rings. The van der Waals surface area contributed by atoms with Crippen LogP contribution in [0.3, 0.4) is 0 Å². The Morgan fingerprint density at radius 2 is 1.60 bits per heavy atom. The van der Waals surface area contributed by atoms with Gasteiger partial charge in [-0.3, -0.25) is 0 Å². The van der Waals surface area contributed by atoms with Crippen LogP contribution in [0.5, 0.6) is 0 Å². The van der Waals surface area contributed by atoms with E-state index in [-0.39, 0.29) is 0 Å². The van der Waals surface area contributed by atoms with Gasteiger partial charge >= 0.3 is 12.4 Å². The number of hydrogen-bond donors (Lipinski definition) is 0. The van der Waals surface area contributed by atoms with Crippen LogP contribution < -0.4 is 0 Å². The van der Waals surface area contributed by atoms with E-state index in [1.165, 1.54) is 6.92 Å². The molecule has 1 unspecified atom stereocenters. The van der Waals surface area contributed by atoms with Crippen LogP contribution in [0.1, 0.15) is 26.7 Å². The second-order valence-corrected chi connectivity index (χ2v) is 3.37. The average molecular weight is 234 g/mol. The molecule has 0 aliphatic carbocycles. The minimum atomic E-state index is -4.90. The fourth-order valence-electron chi connectivity index (χ4n) is 0.931. The minimum absolute atomic E-state index is 0.372. The highest BCUT2D eigenvalue weighted by Gasteiger charge is 2.41. The van der Waals surface area contributed by atoms with Crippen molar-refractivity contribution in [1.82, 2.24) is 0 Å². The highest BCUT2D eigenvalue weighted by molar-refractivity contribution is 5.11. The lowest BCUT2D eigenvalue weighted by atomic mass is 10.0. The molecular weight excluding hydrogens is 222 g/mol. The summed E-state index contributed by atoms with van der Waals surface area (Å²) >= 11 is 0. The van der Waals surface area contributed by atoms with E-state index < -0.39 is 30.3 Å². The predicted molar refractivity (Wildman–Crippen MR) is 44.3 cm³/mol. The van der Waals surface area contributed by atoms with Crippen LogP contribution in [0.4, 0.5) is 26.3 Å². The molecule has 0 aromatic heterocycles. The van der Waals surface area contributed by atoms with Crippen molar-refractivity contribution in [2.24, 2.45) is 5.92 Å². The summed E-state index contributed by atoms with van der Waals surface area (Å²) < 4.78 is 72.1. The summed E-state index contributed by atoms with van der Waals surface area (Å²) in [7, 11) is 0. The van der Waals surface area contributed by atoms with E-state index in [0.29, 0.717) is 12.5 Å². The maximum absolute atomic E-state index is 12.2. The summed E-state index contributed by atoms with van der Waals surface area (Å²) in [6, 6.07) is 0. The largest absolute Gasteiger partial charge is 0.412 e. The van der Waals surface area contributed by atoms with E-state index >= 15 is 0 Å². The second-order valence-electron chi connectivity index (χ2n) is 3.37. The standard InChI is InChI=1S/C9H12F6/c1-3-6(2)4-7(9(13,14)15)5-8(10,11)12/h4,6H,3,5H2,1-2H3/b7-4-. The number of rotatable bonds is 3. The van der Waals surface area contributed by atoms with Crippen molar-refractivity contribution < 1.29 is 26.3 Å². The van der Waals surface area contributed by atoms with Gasteiger partial charge in [-0.1, -0.05) is 26.3 Å². The van der Waals surface area contributed by atoms with Crippen molar-refractivity contribution in [2.45, 2.75) is 39.0 Å². The molecule has 0 amide bonds. The number of alkyl halides is 6. The molecule has 0 fully saturated rings. The van der Waals surface area contributed by atoms with E-state index in [1.54, 1.807) is 6.92 Å². The fourth-order valence-corrected chi connectivity index (χ4v) is 0.931. The summed E-state index contributed by atoms with van der Waals surface area (Å²) in [4.78, 5) is 0. The SMILES string of the molecule is CCC(C)/C=C(/CC(F)(F)F)C(F)(F)F. The maximum atomic E-state index is 12.2. The first-order chi connectivity index (χ1) is 6.56. The molecule has 0 bridgehead atoms. The molecule has 0 saturated heterocycles. The van der Waals surface area contributed by atoms with Crippen LogP contribution in [-0.2, 0) is 0 Å². The average Bonchev–Trinajstić information content (AvgIpc) is 1.98. The molecule has 0 saturated carbocycles. The third kappa shape index (κ3) is 6.41. The zero-order valence-corrected chi connectivity index (χ0v) is 8.34. The molecule has 6 heteroatoms. The molecular formula is C9H12F6. The van der Waals surface area contributed by atoms with Gasteiger partial charge in [-0.25, -0.2) is 0 Å². The molecule has 0 spiro atoms. The summed E-state index contributed by atoms with van der Waals surface area (Å²) in [6.45, 7) is 3.06. The summed E-state index contributed by atoms with van der Waals surface area (Å²) in [5, 5.41) is 0. The minimum Gasteiger partial charge on any atom is -0.171 e. The van der Waals surface area contributed by atoms with E-state index in [4.69, 9.17) is 0 Å². The maximum Gasteiger partial charge on any atom is 0.412 e. The van der Waals surface area contributed by atoms with Gasteiger partial charge in [0.15, 0.2) is 0 Å². The highest BCUT2D eigenvalue weighted by atomic mass is 19.4. The topological polar surface area (TPSA) is 0 Å². The molecule has 90 valence electrons. The summed E-state index contributed by atoms with van der Waals surface area (Å²) in [5.74, 6) is -0.510. The molecule has 0 N–H and O–H groups in total. The predicted octanol–water partition coefficient (Wildman–Crippen LogP) is 4.47. The van der Waals surface area contributed by atoms with Crippen molar-refractivity contribution in [2.75, 3.05) is 0 Å². The van der Waals surface area contributed by atoms with Crippen LogP contribution >= 0.6 is 0 Å². The lowest BCUT2D eigenvalue weighted by Gasteiger charge is -2.15. The van der Waals surface area contributed by atoms with Crippen molar-refractivity contribution >= 4 is 0 Å². The number of halogens is 6. The van der Waals surface area contributed by atoms with E-state index in [9.17, 15) is 26.3 Å². The zero-order valence-electron chi connectivity index (χ0n) is 8.34. The Morgan fingerprint density at radius 3 is 1.87 bits per heavy atom. The first-order valence-corrected chi connectivity index (χ1v) is 4.41. The van der Waals surface area contributed by atoms with Crippen LogP contribution in [0.2, 0.25) is 0 Å². The second kappa shape index (κ2) is 4.90. The van der Waals surface area contributed by atoms with Gasteiger partial charge in [0.1, 0.15) is 0 Å². The Kier molecular flexibility index (Phi) is 4.67. The normalized spacial score (nSPS) is 16.7. The third-order valence-corrected chi connectivity index (χ3v) is 1.88. The molecule has 0 aliphatic rings. The monoisotopic (exact) mass is 234 g/mol. The summed E-state index contributed by atoms with van der Waals surface area (Å²) in [6.07, 6.45) is -10.6. The van der Waals surface area contributed by atoms with Crippen molar-refractivity contribution in [3.8, 4) is 0 Å². The molecule has 0 rings (SSSR count). The number of hydrogen-bond acceptors (Lipinski definition) is 0. The fraction of sp³-hybridized carbons (Fsp3) is 0.778. The van der Waals surface area contributed by atoms with Crippen LogP contribution in [0, 0.1) is 5.92 Å². The first kappa shape index (κ1) is 14.3. The lowest BCUT2D eigenvalue weighted by molar-refractivity contribution is -0.151. The van der Waals surface area contributed by atoms with Gasteiger partial charge in [-0.05, 0) is 5.92 Å². The van der Waals surface area contributed by atoms with Gasteiger partial charge in [0, 0.05) is 5.57 Å². The molecule has 1 atom stereocenters. The van der Waals surface area contributed by atoms with Gasteiger partial charge in [0.2, 0.25) is 0 Å². The van der Waals surface area contributed by atoms with Crippen LogP contribution in [-0.4, -0.2) is 12.4 Å². The highest BCUT2D eigenvalue weighted by Crippen LogP contribution is 2.35. The molecule has 0 aromatic carbocycles. The lowest BCUT2D eigenvalue weighted by Crippen LogP contribution is -2.20. The first-order valence-electron chi connectivity index (χ1n) is 4.41. The van der Waals surface area contributed by atoms with E-state index in [2.05, 4.69) is 0 Å². The third-order valence-electron chi connectivity index (χ3n) is 1.88. The molecule has 0 aliphatic heterocycles. The van der Waals surface area contributed by atoms with Gasteiger partial charge in [-0.2, -0.15) is 26.3 Å². The van der Waals surface area contributed by atoms with Gasteiger partial charge in [0.25, 0.3) is 0 Å². The van der Waals surface area contributed by atoms with Crippen molar-refractivity contribution in [3.63, 3.8) is 0 Å². The molecule has 0 nitrogen and oxygen atoms in total. The van der Waals surface area contributed by atoms with Crippen molar-refractivity contribution in [1.29, 1.82) is 0 Å². The molecule has 0 heterocycles. The Bertz CT molecular complexity index is 222. The number of allylic oxidation sites excluding steroid dienone is 2. The quantitative estimate of drug-likeness (QED) is 0.499. The van der Waals surface area contributed by atoms with Crippen LogP contribution in [0.15, 0.2) is 11.6 Å². The Balaban J connectivity index is 4.84. The Hall–Kier alpha value is -0.680. The van der Waals surface area contributed by atoms with Gasteiger partial charge in [0.05, 0.1) is 6.42 Å².